The van der Waals surface area contributed by atoms with Gasteiger partial charge in [0, 0.05) is 5.56 Å². The van der Waals surface area contributed by atoms with Gasteiger partial charge in [0.1, 0.15) is 17.8 Å². The van der Waals surface area contributed by atoms with Crippen LogP contribution in [0.4, 0.5) is 17.6 Å². The number of carbonyl (C=O) groups excluding carboxylic acids is 1. The van der Waals surface area contributed by atoms with Crippen molar-refractivity contribution < 1.29 is 22.4 Å². The Bertz CT molecular complexity index is 904. The van der Waals surface area contributed by atoms with Crippen molar-refractivity contribution in [3.63, 3.8) is 0 Å². The van der Waals surface area contributed by atoms with Gasteiger partial charge in [-0.3, -0.25) is 4.79 Å². The van der Waals surface area contributed by atoms with Crippen molar-refractivity contribution in [2.45, 2.75) is 12.6 Å². The molecule has 3 aromatic rings. The highest BCUT2D eigenvalue weighted by Crippen LogP contribution is 2.34. The molecule has 0 aliphatic rings. The van der Waals surface area contributed by atoms with Gasteiger partial charge in [-0.1, -0.05) is 36.4 Å². The third-order valence-corrected chi connectivity index (χ3v) is 3.48. The molecule has 0 aliphatic carbocycles. The molecule has 0 amide bonds. The van der Waals surface area contributed by atoms with Gasteiger partial charge in [0.15, 0.2) is 11.6 Å². The molecule has 128 valence electrons. The maximum Gasteiger partial charge on any atom is 0.418 e. The predicted octanol–water partition coefficient (Wildman–Crippen LogP) is 3.85. The van der Waals surface area contributed by atoms with Crippen LogP contribution in [-0.4, -0.2) is 20.5 Å². The lowest BCUT2D eigenvalue weighted by Gasteiger charge is -2.12. The highest BCUT2D eigenvalue weighted by Gasteiger charge is 2.35. The summed E-state index contributed by atoms with van der Waals surface area (Å²) in [5.41, 5.74) is -1.49. The molecule has 0 atom stereocenters. The first kappa shape index (κ1) is 16.8. The molecule has 0 N–H and O–H groups in total. The quantitative estimate of drug-likeness (QED) is 0.531. The topological polar surface area (TPSA) is 47.8 Å². The van der Waals surface area contributed by atoms with E-state index in [9.17, 15) is 22.4 Å². The summed E-state index contributed by atoms with van der Waals surface area (Å²) < 4.78 is 53.9. The number of carbonyl (C=O) groups is 1. The molecule has 0 radical (unpaired) electrons. The fourth-order valence-electron chi connectivity index (χ4n) is 2.33. The van der Waals surface area contributed by atoms with Crippen LogP contribution >= 0.6 is 0 Å². The van der Waals surface area contributed by atoms with Gasteiger partial charge in [0.2, 0.25) is 0 Å². The Hall–Kier alpha value is -3.03. The number of ketones is 1. The summed E-state index contributed by atoms with van der Waals surface area (Å²) in [6.45, 7) is 0. The maximum absolute atomic E-state index is 13.9. The summed E-state index contributed by atoms with van der Waals surface area (Å²) in [7, 11) is 0. The van der Waals surface area contributed by atoms with Gasteiger partial charge in [0.25, 0.3) is 0 Å². The van der Waals surface area contributed by atoms with E-state index < -0.39 is 23.2 Å². The molecule has 0 spiro atoms. The average molecular weight is 349 g/mol. The van der Waals surface area contributed by atoms with Crippen LogP contribution in [0.2, 0.25) is 0 Å². The van der Waals surface area contributed by atoms with Gasteiger partial charge in [-0.05, 0) is 12.1 Å². The summed E-state index contributed by atoms with van der Waals surface area (Å²) in [5.74, 6) is -1.37. The van der Waals surface area contributed by atoms with E-state index in [1.54, 1.807) is 30.3 Å². The molecule has 8 heteroatoms. The lowest BCUT2D eigenvalue weighted by atomic mass is 10.1. The molecule has 3 rings (SSSR count). The van der Waals surface area contributed by atoms with Crippen LogP contribution in [0.1, 0.15) is 21.7 Å². The monoisotopic (exact) mass is 349 g/mol. The number of aromatic nitrogens is 3. The minimum atomic E-state index is -4.75. The summed E-state index contributed by atoms with van der Waals surface area (Å²) in [6, 6.07) is 11.0. The van der Waals surface area contributed by atoms with E-state index in [1.165, 1.54) is 0 Å². The first-order valence-corrected chi connectivity index (χ1v) is 7.21. The van der Waals surface area contributed by atoms with E-state index in [1.807, 2.05) is 0 Å². The van der Waals surface area contributed by atoms with Crippen molar-refractivity contribution in [2.75, 3.05) is 0 Å². The number of alkyl halides is 3. The summed E-state index contributed by atoms with van der Waals surface area (Å²) in [5, 5.41) is 3.83. The fourth-order valence-corrected chi connectivity index (χ4v) is 2.33. The van der Waals surface area contributed by atoms with Gasteiger partial charge in [-0.15, -0.1) is 0 Å². The van der Waals surface area contributed by atoms with Crippen molar-refractivity contribution >= 4 is 5.78 Å². The van der Waals surface area contributed by atoms with E-state index in [0.717, 1.165) is 24.5 Å². The Morgan fingerprint density at radius 1 is 1.04 bits per heavy atom. The van der Waals surface area contributed by atoms with Gasteiger partial charge >= 0.3 is 6.18 Å². The second-order valence-corrected chi connectivity index (χ2v) is 5.21. The molecule has 0 fully saturated rings. The zero-order chi connectivity index (χ0) is 18.0. The standard InChI is InChI=1S/C17H11F4N3O/c18-13-8-4-7-12(17(19,20)21)16(13)24-10-22-15(23-24)9-14(25)11-5-2-1-3-6-11/h1-8,10H,9H2. The van der Waals surface area contributed by atoms with E-state index in [4.69, 9.17) is 0 Å². The maximum atomic E-state index is 13.9. The van der Waals surface area contributed by atoms with Gasteiger partial charge < -0.3 is 0 Å². The fraction of sp³-hybridized carbons (Fsp3) is 0.118. The zero-order valence-corrected chi connectivity index (χ0v) is 12.7. The van der Waals surface area contributed by atoms with E-state index in [0.29, 0.717) is 10.2 Å². The van der Waals surface area contributed by atoms with Crippen LogP contribution < -0.4 is 0 Å². The van der Waals surface area contributed by atoms with Crippen LogP contribution in [0.15, 0.2) is 54.9 Å². The van der Waals surface area contributed by atoms with Crippen molar-refractivity contribution in [3.05, 3.63) is 77.6 Å². The predicted molar refractivity (Wildman–Crippen MR) is 80.8 cm³/mol. The molecule has 0 aliphatic heterocycles. The van der Waals surface area contributed by atoms with E-state index in [-0.39, 0.29) is 18.0 Å². The Kier molecular flexibility index (Phi) is 4.35. The largest absolute Gasteiger partial charge is 0.418 e. The molecule has 0 unspecified atom stereocenters. The number of para-hydroxylation sites is 1. The average Bonchev–Trinajstić information content (AvgIpc) is 3.02. The minimum Gasteiger partial charge on any atom is -0.294 e. The normalized spacial score (nSPS) is 11.5. The van der Waals surface area contributed by atoms with Gasteiger partial charge in [-0.25, -0.2) is 14.1 Å². The Labute approximate surface area is 139 Å². The SMILES string of the molecule is O=C(Cc1ncn(-c2c(F)cccc2C(F)(F)F)n1)c1ccccc1. The number of nitrogens with zero attached hydrogens (tertiary/aromatic N) is 3. The number of hydrogen-bond acceptors (Lipinski definition) is 3. The lowest BCUT2D eigenvalue weighted by Crippen LogP contribution is -2.13. The van der Waals surface area contributed by atoms with Crippen molar-refractivity contribution in [2.24, 2.45) is 0 Å². The number of hydrogen-bond donors (Lipinski definition) is 0. The summed E-state index contributed by atoms with van der Waals surface area (Å²) in [6.07, 6.45) is -3.99. The number of benzene rings is 2. The van der Waals surface area contributed by atoms with Gasteiger partial charge in [-0.2, -0.15) is 18.3 Å². The number of rotatable bonds is 4. The van der Waals surface area contributed by atoms with Crippen LogP contribution in [0.3, 0.4) is 0 Å². The van der Waals surface area contributed by atoms with E-state index in [2.05, 4.69) is 10.1 Å². The molecule has 1 aromatic heterocycles. The lowest BCUT2D eigenvalue weighted by molar-refractivity contribution is -0.137. The molecule has 0 saturated carbocycles. The first-order valence-electron chi connectivity index (χ1n) is 7.21. The van der Waals surface area contributed by atoms with Crippen LogP contribution in [-0.2, 0) is 12.6 Å². The van der Waals surface area contributed by atoms with Crippen LogP contribution in [0.5, 0.6) is 0 Å². The van der Waals surface area contributed by atoms with Crippen LogP contribution in [0, 0.1) is 5.82 Å². The Balaban J connectivity index is 1.92. The molecular weight excluding hydrogens is 338 g/mol. The van der Waals surface area contributed by atoms with Gasteiger partial charge in [0.05, 0.1) is 12.0 Å². The third-order valence-electron chi connectivity index (χ3n) is 3.48. The highest BCUT2D eigenvalue weighted by molar-refractivity contribution is 5.97. The Morgan fingerprint density at radius 2 is 1.76 bits per heavy atom. The number of Topliss-reactive ketones (excluding diaryl/α,β-unsaturated/α-hetero) is 1. The summed E-state index contributed by atoms with van der Waals surface area (Å²) in [4.78, 5) is 15.9. The second-order valence-electron chi connectivity index (χ2n) is 5.21. The number of halogens is 4. The smallest absolute Gasteiger partial charge is 0.294 e. The molecule has 0 bridgehead atoms. The summed E-state index contributed by atoms with van der Waals surface area (Å²) >= 11 is 0. The molecule has 0 saturated heterocycles. The highest BCUT2D eigenvalue weighted by atomic mass is 19.4. The first-order chi connectivity index (χ1) is 11.9. The van der Waals surface area contributed by atoms with Crippen LogP contribution in [0.25, 0.3) is 5.69 Å². The molecule has 2 aromatic carbocycles. The van der Waals surface area contributed by atoms with Crippen molar-refractivity contribution in [1.82, 2.24) is 14.8 Å². The third kappa shape index (κ3) is 3.57. The van der Waals surface area contributed by atoms with Crippen molar-refractivity contribution in [1.29, 1.82) is 0 Å². The minimum absolute atomic E-state index is 0.00484. The molecular formula is C17H11F4N3O. The Morgan fingerprint density at radius 3 is 2.44 bits per heavy atom. The van der Waals surface area contributed by atoms with E-state index >= 15 is 0 Å². The molecule has 1 heterocycles. The second kappa shape index (κ2) is 6.46. The molecule has 4 nitrogen and oxygen atoms in total. The van der Waals surface area contributed by atoms with Crippen molar-refractivity contribution in [3.8, 4) is 5.69 Å². The molecule has 25 heavy (non-hydrogen) atoms. The zero-order valence-electron chi connectivity index (χ0n) is 12.7.